The number of carbonyl (C=O) groups excluding carboxylic acids is 4. The van der Waals surface area contributed by atoms with Crippen LogP contribution in [0.4, 0.5) is 0 Å². The fourth-order valence-electron chi connectivity index (χ4n) is 3.77. The summed E-state index contributed by atoms with van der Waals surface area (Å²) >= 11 is 0. The normalized spacial score (nSPS) is 23.8. The van der Waals surface area contributed by atoms with Gasteiger partial charge in [-0.05, 0) is 25.8 Å². The number of carbonyl (C=O) groups is 4. The van der Waals surface area contributed by atoms with Crippen molar-refractivity contribution in [1.82, 2.24) is 10.6 Å². The molecule has 0 aromatic heterocycles. The number of hydrogen-bond donors (Lipinski definition) is 2. The van der Waals surface area contributed by atoms with Gasteiger partial charge in [0.15, 0.2) is 6.10 Å². The van der Waals surface area contributed by atoms with Crippen LogP contribution in [0, 0.1) is 0 Å². The molecule has 1 aliphatic rings. The van der Waals surface area contributed by atoms with E-state index in [1.807, 2.05) is 37.3 Å². The summed E-state index contributed by atoms with van der Waals surface area (Å²) < 4.78 is 22.2. The predicted molar refractivity (Wildman–Crippen MR) is 122 cm³/mol. The number of nitrogens with one attached hydrogen (secondary N) is 2. The summed E-state index contributed by atoms with van der Waals surface area (Å²) in [6, 6.07) is 8.92. The lowest BCUT2D eigenvalue weighted by Gasteiger charge is -2.42. The first-order valence-electron chi connectivity index (χ1n) is 11.3. The van der Waals surface area contributed by atoms with Gasteiger partial charge in [0.25, 0.3) is 0 Å². The summed E-state index contributed by atoms with van der Waals surface area (Å²) in [5, 5.41) is 5.64. The van der Waals surface area contributed by atoms with Gasteiger partial charge in [-0.3, -0.25) is 19.2 Å². The summed E-state index contributed by atoms with van der Waals surface area (Å²) in [5.41, 5.74) is 1.09. The second-order valence-corrected chi connectivity index (χ2v) is 8.40. The maximum atomic E-state index is 12.8. The van der Waals surface area contributed by atoms with Crippen LogP contribution in [0.15, 0.2) is 30.3 Å². The molecule has 0 radical (unpaired) electrons. The summed E-state index contributed by atoms with van der Waals surface area (Å²) in [7, 11) is 0. The van der Waals surface area contributed by atoms with E-state index in [9.17, 15) is 19.2 Å². The standard InChI is InChI=1S/C24H34N2O8/c1-14(11-19-9-7-6-8-10-19)25-24(30)15(2)33-22-20(26-16(3)27)12-32-21(13-31-17(4)28)23(22)34-18(5)29/h6-10,14-15,20-23H,11-13H2,1-5H3,(H,25,30)(H,26,27). The quantitative estimate of drug-likeness (QED) is 0.475. The first-order chi connectivity index (χ1) is 16.1. The van der Waals surface area contributed by atoms with E-state index < -0.39 is 42.4 Å². The molecule has 2 rings (SSSR count). The molecule has 0 bridgehead atoms. The van der Waals surface area contributed by atoms with Crippen molar-refractivity contribution >= 4 is 23.8 Å². The smallest absolute Gasteiger partial charge is 0.303 e. The Morgan fingerprint density at radius 2 is 1.71 bits per heavy atom. The molecule has 1 heterocycles. The molecule has 2 amide bonds. The van der Waals surface area contributed by atoms with Crippen LogP contribution in [0.25, 0.3) is 0 Å². The Hall–Kier alpha value is -2.98. The second-order valence-electron chi connectivity index (χ2n) is 8.40. The Kier molecular flexibility index (Phi) is 10.5. The predicted octanol–water partition coefficient (Wildman–Crippen LogP) is 0.906. The lowest BCUT2D eigenvalue weighted by atomic mass is 9.97. The fraction of sp³-hybridized carbons (Fsp3) is 0.583. The van der Waals surface area contributed by atoms with Crippen LogP contribution in [0.5, 0.6) is 0 Å². The zero-order valence-electron chi connectivity index (χ0n) is 20.2. The molecular formula is C24H34N2O8. The van der Waals surface area contributed by atoms with Crippen LogP contribution < -0.4 is 10.6 Å². The number of rotatable bonds is 10. The van der Waals surface area contributed by atoms with Crippen LogP contribution in [-0.2, 0) is 44.5 Å². The molecule has 10 nitrogen and oxygen atoms in total. The molecule has 6 atom stereocenters. The molecule has 1 saturated heterocycles. The van der Waals surface area contributed by atoms with Gasteiger partial charge in [-0.15, -0.1) is 0 Å². The van der Waals surface area contributed by atoms with Crippen LogP contribution >= 0.6 is 0 Å². The van der Waals surface area contributed by atoms with E-state index in [4.69, 9.17) is 18.9 Å². The van der Waals surface area contributed by atoms with Crippen molar-refractivity contribution in [3.05, 3.63) is 35.9 Å². The third kappa shape index (κ3) is 8.75. The minimum absolute atomic E-state index is 0.0205. The van der Waals surface area contributed by atoms with Gasteiger partial charge in [-0.2, -0.15) is 0 Å². The Morgan fingerprint density at radius 3 is 2.29 bits per heavy atom. The van der Waals surface area contributed by atoms with Crippen molar-refractivity contribution in [2.45, 2.75) is 77.5 Å². The van der Waals surface area contributed by atoms with Crippen LogP contribution in [0.3, 0.4) is 0 Å². The molecule has 2 N–H and O–H groups in total. The van der Waals surface area contributed by atoms with Gasteiger partial charge in [0.1, 0.15) is 24.9 Å². The van der Waals surface area contributed by atoms with E-state index in [0.717, 1.165) is 5.56 Å². The highest BCUT2D eigenvalue weighted by molar-refractivity contribution is 5.80. The maximum Gasteiger partial charge on any atom is 0.303 e. The number of esters is 2. The minimum atomic E-state index is -1.01. The first kappa shape index (κ1) is 27.3. The van der Waals surface area contributed by atoms with Gasteiger partial charge in [0, 0.05) is 26.8 Å². The van der Waals surface area contributed by atoms with Crippen molar-refractivity contribution in [3.63, 3.8) is 0 Å². The third-order valence-corrected chi connectivity index (χ3v) is 5.22. The molecule has 1 aromatic rings. The summed E-state index contributed by atoms with van der Waals surface area (Å²) in [6.07, 6.45) is -3.03. The van der Waals surface area contributed by atoms with Gasteiger partial charge in [0.05, 0.1) is 12.6 Å². The topological polar surface area (TPSA) is 129 Å². The lowest BCUT2D eigenvalue weighted by molar-refractivity contribution is -0.211. The molecule has 0 aliphatic carbocycles. The van der Waals surface area contributed by atoms with E-state index >= 15 is 0 Å². The fourth-order valence-corrected chi connectivity index (χ4v) is 3.77. The van der Waals surface area contributed by atoms with Crippen LogP contribution in [0.1, 0.15) is 40.2 Å². The average Bonchev–Trinajstić information content (AvgIpc) is 2.74. The summed E-state index contributed by atoms with van der Waals surface area (Å²) in [6.45, 7) is 7.13. The number of benzene rings is 1. The van der Waals surface area contributed by atoms with Gasteiger partial charge in [0.2, 0.25) is 11.8 Å². The van der Waals surface area contributed by atoms with Crippen LogP contribution in [0.2, 0.25) is 0 Å². The van der Waals surface area contributed by atoms with Crippen LogP contribution in [-0.4, -0.2) is 73.5 Å². The number of ether oxygens (including phenoxy) is 4. The average molecular weight is 479 g/mol. The highest BCUT2D eigenvalue weighted by Gasteiger charge is 2.45. The zero-order valence-corrected chi connectivity index (χ0v) is 20.2. The molecule has 188 valence electrons. The van der Waals surface area contributed by atoms with E-state index in [2.05, 4.69) is 10.6 Å². The van der Waals surface area contributed by atoms with Crippen molar-refractivity contribution in [3.8, 4) is 0 Å². The monoisotopic (exact) mass is 478 g/mol. The highest BCUT2D eigenvalue weighted by Crippen LogP contribution is 2.24. The molecular weight excluding hydrogens is 444 g/mol. The first-order valence-corrected chi connectivity index (χ1v) is 11.3. The molecule has 0 saturated carbocycles. The highest BCUT2D eigenvalue weighted by atomic mass is 16.6. The van der Waals surface area contributed by atoms with Crippen molar-refractivity contribution in [1.29, 1.82) is 0 Å². The summed E-state index contributed by atoms with van der Waals surface area (Å²) in [4.78, 5) is 47.7. The molecule has 0 spiro atoms. The van der Waals surface area contributed by atoms with Crippen molar-refractivity contribution < 1.29 is 38.1 Å². The summed E-state index contributed by atoms with van der Waals surface area (Å²) in [5.74, 6) is -1.82. The van der Waals surface area contributed by atoms with E-state index in [-0.39, 0.29) is 31.1 Å². The van der Waals surface area contributed by atoms with E-state index in [1.54, 1.807) is 6.92 Å². The van der Waals surface area contributed by atoms with Gasteiger partial charge in [-0.25, -0.2) is 0 Å². The molecule has 1 fully saturated rings. The molecule has 1 aromatic carbocycles. The Balaban J connectivity index is 2.13. The Morgan fingerprint density at radius 1 is 1.03 bits per heavy atom. The largest absolute Gasteiger partial charge is 0.463 e. The molecule has 6 unspecified atom stereocenters. The maximum absolute atomic E-state index is 12.8. The zero-order chi connectivity index (χ0) is 25.3. The van der Waals surface area contributed by atoms with Gasteiger partial charge < -0.3 is 29.6 Å². The van der Waals surface area contributed by atoms with E-state index in [0.29, 0.717) is 6.42 Å². The molecule has 34 heavy (non-hydrogen) atoms. The minimum Gasteiger partial charge on any atom is -0.463 e. The molecule has 1 aliphatic heterocycles. The van der Waals surface area contributed by atoms with E-state index in [1.165, 1.54) is 20.8 Å². The third-order valence-electron chi connectivity index (χ3n) is 5.22. The second kappa shape index (κ2) is 13.0. The number of hydrogen-bond acceptors (Lipinski definition) is 8. The Bertz CT molecular complexity index is 847. The van der Waals surface area contributed by atoms with Crippen molar-refractivity contribution in [2.24, 2.45) is 0 Å². The van der Waals surface area contributed by atoms with Gasteiger partial charge in [-0.1, -0.05) is 30.3 Å². The van der Waals surface area contributed by atoms with Crippen molar-refractivity contribution in [2.75, 3.05) is 13.2 Å². The molecule has 10 heteroatoms. The van der Waals surface area contributed by atoms with Gasteiger partial charge >= 0.3 is 11.9 Å². The lowest BCUT2D eigenvalue weighted by Crippen LogP contribution is -2.63. The SMILES string of the molecule is CC(=O)NC1COC(COC(C)=O)C(OC(C)=O)C1OC(C)C(=O)NC(C)Cc1ccccc1. The number of amides is 2. The Labute approximate surface area is 199 Å².